The Morgan fingerprint density at radius 1 is 1.20 bits per heavy atom. The third kappa shape index (κ3) is 1.93. The molecule has 0 fully saturated rings. The second-order valence-corrected chi connectivity index (χ2v) is 3.27. The molecule has 76 valence electrons. The summed E-state index contributed by atoms with van der Waals surface area (Å²) in [5, 5.41) is 0. The molecule has 3 nitrogen and oxygen atoms in total. The molecule has 2 rings (SSSR count). The first-order valence-electron chi connectivity index (χ1n) is 4.52. The summed E-state index contributed by atoms with van der Waals surface area (Å²) in [6.45, 7) is 1.84. The normalized spacial score (nSPS) is 10.3. The summed E-state index contributed by atoms with van der Waals surface area (Å²) >= 11 is 0. The number of nitrogen functional groups attached to an aromatic ring is 1. The molecule has 0 saturated carbocycles. The molecule has 0 bridgehead atoms. The molecule has 0 radical (unpaired) electrons. The smallest absolute Gasteiger partial charge is 0.161 e. The van der Waals surface area contributed by atoms with Crippen molar-refractivity contribution in [3.8, 4) is 11.4 Å². The van der Waals surface area contributed by atoms with Crippen LogP contribution in [0.2, 0.25) is 0 Å². The zero-order chi connectivity index (χ0) is 10.8. The molecule has 2 aromatic rings. The van der Waals surface area contributed by atoms with E-state index < -0.39 is 0 Å². The lowest BCUT2D eigenvalue weighted by molar-refractivity contribution is 0.628. The highest BCUT2D eigenvalue weighted by atomic mass is 19.1. The van der Waals surface area contributed by atoms with Crippen LogP contribution in [0.4, 0.5) is 10.2 Å². The third-order valence-electron chi connectivity index (χ3n) is 2.11. The van der Waals surface area contributed by atoms with Crippen LogP contribution in [-0.4, -0.2) is 9.97 Å². The van der Waals surface area contributed by atoms with Crippen molar-refractivity contribution in [1.82, 2.24) is 9.97 Å². The van der Waals surface area contributed by atoms with E-state index in [1.54, 1.807) is 18.3 Å². The van der Waals surface area contributed by atoms with E-state index >= 15 is 0 Å². The summed E-state index contributed by atoms with van der Waals surface area (Å²) in [6, 6.07) is 5.99. The summed E-state index contributed by atoms with van der Waals surface area (Å²) in [4.78, 5) is 8.24. The van der Waals surface area contributed by atoms with Crippen molar-refractivity contribution >= 4 is 5.82 Å². The number of benzene rings is 1. The zero-order valence-corrected chi connectivity index (χ0v) is 8.24. The van der Waals surface area contributed by atoms with Gasteiger partial charge in [0, 0.05) is 17.3 Å². The van der Waals surface area contributed by atoms with Crippen LogP contribution in [0, 0.1) is 12.7 Å². The molecule has 4 heteroatoms. The summed E-state index contributed by atoms with van der Waals surface area (Å²) < 4.78 is 12.7. The number of hydrogen-bond acceptors (Lipinski definition) is 3. The lowest BCUT2D eigenvalue weighted by atomic mass is 10.2. The van der Waals surface area contributed by atoms with E-state index in [0.29, 0.717) is 11.6 Å². The van der Waals surface area contributed by atoms with Crippen molar-refractivity contribution in [2.75, 3.05) is 5.73 Å². The van der Waals surface area contributed by atoms with Crippen molar-refractivity contribution in [3.05, 3.63) is 41.8 Å². The van der Waals surface area contributed by atoms with Gasteiger partial charge in [0.2, 0.25) is 0 Å². The average Bonchev–Trinajstić information content (AvgIpc) is 2.23. The molecule has 1 aromatic heterocycles. The fourth-order valence-corrected chi connectivity index (χ4v) is 1.19. The second-order valence-electron chi connectivity index (χ2n) is 3.27. The SMILES string of the molecule is Cc1cnc(-c2ccc(F)cc2)nc1N. The Hall–Kier alpha value is -1.97. The maximum atomic E-state index is 12.7. The maximum absolute atomic E-state index is 12.7. The average molecular weight is 203 g/mol. The molecule has 0 saturated heterocycles. The fourth-order valence-electron chi connectivity index (χ4n) is 1.19. The van der Waals surface area contributed by atoms with Gasteiger partial charge in [-0.25, -0.2) is 14.4 Å². The molecule has 0 aliphatic rings. The molecule has 0 aliphatic carbocycles. The minimum absolute atomic E-state index is 0.279. The Balaban J connectivity index is 2.45. The summed E-state index contributed by atoms with van der Waals surface area (Å²) in [6.07, 6.45) is 1.65. The standard InChI is InChI=1S/C11H10FN3/c1-7-6-14-11(15-10(7)13)8-2-4-9(12)5-3-8/h2-6H,1H3,(H2,13,14,15). The first kappa shape index (κ1) is 9.58. The predicted molar refractivity (Wildman–Crippen MR) is 56.6 cm³/mol. The van der Waals surface area contributed by atoms with Gasteiger partial charge < -0.3 is 5.73 Å². The number of anilines is 1. The Morgan fingerprint density at radius 2 is 1.87 bits per heavy atom. The zero-order valence-electron chi connectivity index (χ0n) is 8.24. The fraction of sp³-hybridized carbons (Fsp3) is 0.0909. The lowest BCUT2D eigenvalue weighted by Crippen LogP contribution is -1.98. The minimum Gasteiger partial charge on any atom is -0.383 e. The highest BCUT2D eigenvalue weighted by Gasteiger charge is 2.03. The van der Waals surface area contributed by atoms with Crippen LogP contribution < -0.4 is 5.73 Å². The molecule has 0 amide bonds. The summed E-state index contributed by atoms with van der Waals surface area (Å²) in [5.41, 5.74) is 7.25. The van der Waals surface area contributed by atoms with Gasteiger partial charge in [0.25, 0.3) is 0 Å². The van der Waals surface area contributed by atoms with Gasteiger partial charge in [-0.05, 0) is 31.2 Å². The molecule has 0 atom stereocenters. The molecule has 2 N–H and O–H groups in total. The predicted octanol–water partition coefficient (Wildman–Crippen LogP) is 2.17. The van der Waals surface area contributed by atoms with Gasteiger partial charge in [-0.15, -0.1) is 0 Å². The Morgan fingerprint density at radius 3 is 2.47 bits per heavy atom. The van der Waals surface area contributed by atoms with E-state index in [1.165, 1.54) is 12.1 Å². The van der Waals surface area contributed by atoms with Gasteiger partial charge in [0.1, 0.15) is 11.6 Å². The van der Waals surface area contributed by atoms with Crippen LogP contribution >= 0.6 is 0 Å². The van der Waals surface area contributed by atoms with Crippen LogP contribution in [0.25, 0.3) is 11.4 Å². The Kier molecular flexibility index (Phi) is 2.33. The van der Waals surface area contributed by atoms with Gasteiger partial charge >= 0.3 is 0 Å². The Bertz CT molecular complexity index is 480. The third-order valence-corrected chi connectivity index (χ3v) is 2.11. The van der Waals surface area contributed by atoms with Gasteiger partial charge in [0.15, 0.2) is 5.82 Å². The van der Waals surface area contributed by atoms with E-state index in [2.05, 4.69) is 9.97 Å². The van der Waals surface area contributed by atoms with E-state index in [-0.39, 0.29) is 5.82 Å². The van der Waals surface area contributed by atoms with Gasteiger partial charge in [-0.2, -0.15) is 0 Å². The van der Waals surface area contributed by atoms with Crippen molar-refractivity contribution in [2.45, 2.75) is 6.92 Å². The minimum atomic E-state index is -0.279. The molecule has 0 spiro atoms. The van der Waals surface area contributed by atoms with Crippen LogP contribution in [0.1, 0.15) is 5.56 Å². The highest BCUT2D eigenvalue weighted by molar-refractivity contribution is 5.57. The molecular formula is C11H10FN3. The molecule has 0 unspecified atom stereocenters. The monoisotopic (exact) mass is 203 g/mol. The van der Waals surface area contributed by atoms with E-state index in [4.69, 9.17) is 5.73 Å². The van der Waals surface area contributed by atoms with Crippen LogP contribution in [0.3, 0.4) is 0 Å². The van der Waals surface area contributed by atoms with Crippen LogP contribution in [-0.2, 0) is 0 Å². The quantitative estimate of drug-likeness (QED) is 0.772. The molecular weight excluding hydrogens is 193 g/mol. The Labute approximate surface area is 86.8 Å². The number of rotatable bonds is 1. The summed E-state index contributed by atoms with van der Waals surface area (Å²) in [7, 11) is 0. The number of nitrogens with zero attached hydrogens (tertiary/aromatic N) is 2. The molecule has 0 aliphatic heterocycles. The number of aromatic nitrogens is 2. The van der Waals surface area contributed by atoms with Crippen molar-refractivity contribution in [2.24, 2.45) is 0 Å². The van der Waals surface area contributed by atoms with Crippen LogP contribution in [0.5, 0.6) is 0 Å². The lowest BCUT2D eigenvalue weighted by Gasteiger charge is -2.02. The second kappa shape index (κ2) is 3.65. The molecule has 1 heterocycles. The summed E-state index contributed by atoms with van der Waals surface area (Å²) in [5.74, 6) is 0.682. The van der Waals surface area contributed by atoms with E-state index in [0.717, 1.165) is 11.1 Å². The van der Waals surface area contributed by atoms with Crippen molar-refractivity contribution < 1.29 is 4.39 Å². The number of hydrogen-bond donors (Lipinski definition) is 1. The molecule has 15 heavy (non-hydrogen) atoms. The number of halogens is 1. The van der Waals surface area contributed by atoms with Crippen molar-refractivity contribution in [3.63, 3.8) is 0 Å². The topological polar surface area (TPSA) is 51.8 Å². The maximum Gasteiger partial charge on any atom is 0.161 e. The number of aryl methyl sites for hydroxylation is 1. The van der Waals surface area contributed by atoms with Gasteiger partial charge in [0.05, 0.1) is 0 Å². The van der Waals surface area contributed by atoms with Gasteiger partial charge in [-0.1, -0.05) is 0 Å². The van der Waals surface area contributed by atoms with Crippen molar-refractivity contribution in [1.29, 1.82) is 0 Å². The van der Waals surface area contributed by atoms with Gasteiger partial charge in [-0.3, -0.25) is 0 Å². The largest absolute Gasteiger partial charge is 0.383 e. The first-order chi connectivity index (χ1) is 7.16. The van der Waals surface area contributed by atoms with E-state index in [1.807, 2.05) is 6.92 Å². The molecule has 1 aromatic carbocycles. The van der Waals surface area contributed by atoms with E-state index in [9.17, 15) is 4.39 Å². The van der Waals surface area contributed by atoms with Crippen LogP contribution in [0.15, 0.2) is 30.5 Å². The number of nitrogens with two attached hydrogens (primary N) is 1. The first-order valence-corrected chi connectivity index (χ1v) is 4.52. The highest BCUT2D eigenvalue weighted by Crippen LogP contribution is 2.17.